The van der Waals surface area contributed by atoms with Crippen LogP contribution in [0, 0.1) is 11.3 Å². The second kappa shape index (κ2) is 4.29. The van der Waals surface area contributed by atoms with E-state index in [9.17, 15) is 5.11 Å². The lowest BCUT2D eigenvalue weighted by atomic mass is 10.1. The summed E-state index contributed by atoms with van der Waals surface area (Å²) in [5.74, 6) is 0.179. The molecule has 3 heteroatoms. The number of hydrogen-bond acceptors (Lipinski definition) is 2. The molecular weight excluding hydrogens is 230 g/mol. The number of aromatic hydroxyl groups is 1. The van der Waals surface area contributed by atoms with E-state index < -0.39 is 0 Å². The molecule has 0 aliphatic heterocycles. The Bertz CT molecular complexity index is 355. The maximum atomic E-state index is 9.55. The van der Waals surface area contributed by atoms with Crippen LogP contribution in [-0.4, -0.2) is 5.11 Å². The minimum absolute atomic E-state index is 0.179. The van der Waals surface area contributed by atoms with Crippen LogP contribution in [0.4, 0.5) is 0 Å². The third-order valence-corrected chi connectivity index (χ3v) is 2.48. The first-order valence-corrected chi connectivity index (χ1v) is 4.85. The van der Waals surface area contributed by atoms with Crippen molar-refractivity contribution in [3.8, 4) is 11.8 Å². The number of nitriles is 1. The average molecular weight is 240 g/mol. The predicted octanol–water partition coefficient (Wildman–Crippen LogP) is 2.78. The van der Waals surface area contributed by atoms with Crippen molar-refractivity contribution in [1.82, 2.24) is 0 Å². The number of halogens is 1. The maximum absolute atomic E-state index is 9.55. The highest BCUT2D eigenvalue weighted by atomic mass is 79.9. The van der Waals surface area contributed by atoms with Gasteiger partial charge in [-0.15, -0.1) is 0 Å². The van der Waals surface area contributed by atoms with E-state index >= 15 is 0 Å². The molecule has 13 heavy (non-hydrogen) atoms. The zero-order chi connectivity index (χ0) is 9.84. The summed E-state index contributed by atoms with van der Waals surface area (Å²) in [5, 5.41) is 18.1. The van der Waals surface area contributed by atoms with Gasteiger partial charge in [-0.1, -0.05) is 13.0 Å². The quantitative estimate of drug-likeness (QED) is 0.863. The van der Waals surface area contributed by atoms with Crippen molar-refractivity contribution in [2.75, 3.05) is 0 Å². The van der Waals surface area contributed by atoms with Gasteiger partial charge in [0, 0.05) is 5.56 Å². The summed E-state index contributed by atoms with van der Waals surface area (Å²) in [6.45, 7) is 2.04. The second-order valence-corrected chi connectivity index (χ2v) is 3.63. The first kappa shape index (κ1) is 10.1. The Kier molecular flexibility index (Phi) is 3.32. The normalized spacial score (nSPS) is 9.62. The molecule has 0 spiro atoms. The number of rotatable bonds is 2. The van der Waals surface area contributed by atoms with Crippen molar-refractivity contribution in [3.05, 3.63) is 27.7 Å². The number of phenolic OH excluding ortho intramolecular Hbond substituents is 1. The number of nitrogens with zero attached hydrogens (tertiary/aromatic N) is 1. The predicted molar refractivity (Wildman–Crippen MR) is 54.5 cm³/mol. The lowest BCUT2D eigenvalue weighted by Crippen LogP contribution is -1.88. The Labute approximate surface area is 85.9 Å². The monoisotopic (exact) mass is 239 g/mol. The van der Waals surface area contributed by atoms with Crippen molar-refractivity contribution in [2.24, 2.45) is 0 Å². The topological polar surface area (TPSA) is 44.0 Å². The first-order valence-electron chi connectivity index (χ1n) is 4.06. The van der Waals surface area contributed by atoms with E-state index in [1.165, 1.54) is 0 Å². The summed E-state index contributed by atoms with van der Waals surface area (Å²) in [6.07, 6.45) is 1.15. The Morgan fingerprint density at radius 2 is 2.23 bits per heavy atom. The molecule has 0 atom stereocenters. The fourth-order valence-corrected chi connectivity index (χ4v) is 1.69. The molecule has 0 unspecified atom stereocenters. The van der Waals surface area contributed by atoms with Crippen LogP contribution < -0.4 is 0 Å². The molecule has 2 nitrogen and oxygen atoms in total. The van der Waals surface area contributed by atoms with Gasteiger partial charge in [-0.3, -0.25) is 0 Å². The van der Waals surface area contributed by atoms with Gasteiger partial charge in [0.05, 0.1) is 17.0 Å². The average Bonchev–Trinajstić information content (AvgIpc) is 2.13. The van der Waals surface area contributed by atoms with Crippen LogP contribution in [0.1, 0.15) is 18.1 Å². The van der Waals surface area contributed by atoms with Gasteiger partial charge in [0.2, 0.25) is 0 Å². The molecule has 0 aliphatic rings. The summed E-state index contributed by atoms with van der Waals surface area (Å²) >= 11 is 3.25. The van der Waals surface area contributed by atoms with Crippen LogP contribution in [0.25, 0.3) is 0 Å². The zero-order valence-electron chi connectivity index (χ0n) is 7.34. The lowest BCUT2D eigenvalue weighted by molar-refractivity contribution is 0.466. The van der Waals surface area contributed by atoms with E-state index in [-0.39, 0.29) is 12.2 Å². The molecule has 0 heterocycles. The number of benzene rings is 1. The van der Waals surface area contributed by atoms with Crippen molar-refractivity contribution in [2.45, 2.75) is 19.8 Å². The second-order valence-electron chi connectivity index (χ2n) is 2.77. The van der Waals surface area contributed by atoms with E-state index in [0.717, 1.165) is 12.0 Å². The van der Waals surface area contributed by atoms with Gasteiger partial charge in [-0.05, 0) is 34.0 Å². The van der Waals surface area contributed by atoms with Gasteiger partial charge < -0.3 is 5.11 Å². The highest BCUT2D eigenvalue weighted by Gasteiger charge is 2.06. The van der Waals surface area contributed by atoms with Crippen LogP contribution in [0.15, 0.2) is 16.6 Å². The van der Waals surface area contributed by atoms with Crippen LogP contribution in [-0.2, 0) is 12.8 Å². The van der Waals surface area contributed by atoms with Crippen LogP contribution in [0.5, 0.6) is 5.75 Å². The third kappa shape index (κ3) is 2.22. The molecule has 0 saturated carbocycles. The number of phenols is 1. The number of aryl methyl sites for hydroxylation is 1. The number of hydrogen-bond donors (Lipinski definition) is 1. The molecule has 0 bridgehead atoms. The fraction of sp³-hybridized carbons (Fsp3) is 0.300. The molecular formula is C10H10BrNO. The van der Waals surface area contributed by atoms with E-state index in [1.807, 2.05) is 25.1 Å². The van der Waals surface area contributed by atoms with Gasteiger partial charge in [-0.2, -0.15) is 5.26 Å². The Morgan fingerprint density at radius 1 is 1.54 bits per heavy atom. The molecule has 0 saturated heterocycles. The summed E-state index contributed by atoms with van der Waals surface area (Å²) < 4.78 is 0.664. The molecule has 1 aromatic rings. The first-order chi connectivity index (χ1) is 6.19. The molecule has 0 fully saturated rings. The molecule has 68 valence electrons. The summed E-state index contributed by atoms with van der Waals surface area (Å²) in [6, 6.07) is 5.76. The molecule has 0 aromatic heterocycles. The van der Waals surface area contributed by atoms with E-state index in [0.29, 0.717) is 10.0 Å². The largest absolute Gasteiger partial charge is 0.506 e. The van der Waals surface area contributed by atoms with Gasteiger partial charge >= 0.3 is 0 Å². The fourth-order valence-electron chi connectivity index (χ4n) is 1.14. The summed E-state index contributed by atoms with van der Waals surface area (Å²) in [5.41, 5.74) is 1.81. The zero-order valence-corrected chi connectivity index (χ0v) is 8.93. The molecule has 0 aliphatic carbocycles. The van der Waals surface area contributed by atoms with Crippen molar-refractivity contribution < 1.29 is 5.11 Å². The van der Waals surface area contributed by atoms with E-state index in [1.54, 1.807) is 0 Å². The van der Waals surface area contributed by atoms with Crippen LogP contribution in [0.2, 0.25) is 0 Å². The minimum atomic E-state index is 0.179. The van der Waals surface area contributed by atoms with Gasteiger partial charge in [-0.25, -0.2) is 0 Å². The van der Waals surface area contributed by atoms with Crippen molar-refractivity contribution in [1.29, 1.82) is 5.26 Å². The Balaban J connectivity index is 3.18. The van der Waals surface area contributed by atoms with Gasteiger partial charge in [0.25, 0.3) is 0 Å². The van der Waals surface area contributed by atoms with Gasteiger partial charge in [0.1, 0.15) is 5.75 Å². The maximum Gasteiger partial charge on any atom is 0.134 e. The van der Waals surface area contributed by atoms with E-state index in [2.05, 4.69) is 15.9 Å². The minimum Gasteiger partial charge on any atom is -0.506 e. The van der Waals surface area contributed by atoms with Gasteiger partial charge in [0.15, 0.2) is 0 Å². The molecule has 1 rings (SSSR count). The highest BCUT2D eigenvalue weighted by molar-refractivity contribution is 9.10. The van der Waals surface area contributed by atoms with E-state index in [4.69, 9.17) is 5.26 Å². The SMILES string of the molecule is CCc1cc(Br)c(O)c(CC#N)c1. The molecule has 0 radical (unpaired) electrons. The summed E-state index contributed by atoms with van der Waals surface area (Å²) in [7, 11) is 0. The standard InChI is InChI=1S/C10H10BrNO/c1-2-7-5-8(3-4-12)10(13)9(11)6-7/h5-6,13H,2-3H2,1H3. The Morgan fingerprint density at radius 3 is 2.77 bits per heavy atom. The van der Waals surface area contributed by atoms with Crippen molar-refractivity contribution >= 4 is 15.9 Å². The molecule has 0 amide bonds. The molecule has 1 aromatic carbocycles. The van der Waals surface area contributed by atoms with Crippen LogP contribution in [0.3, 0.4) is 0 Å². The highest BCUT2D eigenvalue weighted by Crippen LogP contribution is 2.29. The Hall–Kier alpha value is -1.01. The van der Waals surface area contributed by atoms with Crippen molar-refractivity contribution in [3.63, 3.8) is 0 Å². The summed E-state index contributed by atoms with van der Waals surface area (Å²) in [4.78, 5) is 0. The smallest absolute Gasteiger partial charge is 0.134 e. The lowest BCUT2D eigenvalue weighted by Gasteiger charge is -2.05. The third-order valence-electron chi connectivity index (χ3n) is 1.88. The molecule has 1 N–H and O–H groups in total. The van der Waals surface area contributed by atoms with Crippen LogP contribution >= 0.6 is 15.9 Å².